The molecular weight excluding hydrogens is 394 g/mol. The second-order valence-corrected chi connectivity index (χ2v) is 8.17. The molecule has 0 N–H and O–H groups in total. The normalized spacial score (nSPS) is 13.0. The Morgan fingerprint density at radius 2 is 1.29 bits per heavy atom. The molecule has 1 heterocycles. The Hall–Kier alpha value is -2.21. The topological polar surface area (TPSA) is 72.9 Å². The summed E-state index contributed by atoms with van der Waals surface area (Å²) in [6.07, 6.45) is 13.2. The lowest BCUT2D eigenvalue weighted by atomic mass is 10.1. The number of fused-ring (bicyclic) bond motifs is 1. The van der Waals surface area contributed by atoms with Gasteiger partial charge in [-0.25, -0.2) is 4.79 Å². The summed E-state index contributed by atoms with van der Waals surface area (Å²) in [4.78, 5) is 42.8. The Morgan fingerprint density at radius 3 is 1.94 bits per heavy atom. The van der Waals surface area contributed by atoms with Crippen molar-refractivity contribution in [1.29, 1.82) is 0 Å². The van der Waals surface area contributed by atoms with Crippen LogP contribution in [-0.2, 0) is 9.57 Å². The zero-order valence-electron chi connectivity index (χ0n) is 19.1. The van der Waals surface area contributed by atoms with Crippen molar-refractivity contribution in [3.05, 3.63) is 34.9 Å². The van der Waals surface area contributed by atoms with Gasteiger partial charge in [-0.2, -0.15) is 0 Å². The van der Waals surface area contributed by atoms with Gasteiger partial charge in [0, 0.05) is 0 Å². The summed E-state index contributed by atoms with van der Waals surface area (Å²) in [6, 6.07) is 4.48. The average molecular weight is 432 g/mol. The van der Waals surface area contributed by atoms with Crippen molar-refractivity contribution >= 4 is 17.8 Å². The van der Waals surface area contributed by atoms with Gasteiger partial charge in [-0.3, -0.25) is 14.4 Å². The number of ether oxygens (including phenoxy) is 1. The molecule has 0 bridgehead atoms. The number of nitrogens with zero attached hydrogens (tertiary/aromatic N) is 1. The molecule has 0 unspecified atom stereocenters. The van der Waals surface area contributed by atoms with Gasteiger partial charge < -0.3 is 4.74 Å². The van der Waals surface area contributed by atoms with Crippen molar-refractivity contribution in [1.82, 2.24) is 5.06 Å². The molecule has 6 heteroatoms. The second-order valence-electron chi connectivity index (χ2n) is 8.17. The smallest absolute Gasteiger partial charge is 0.338 e. The molecule has 172 valence electrons. The van der Waals surface area contributed by atoms with E-state index in [2.05, 4.69) is 13.8 Å². The number of carbonyl (C=O) groups excluding carboxylic acids is 3. The Labute approximate surface area is 186 Å². The predicted molar refractivity (Wildman–Crippen MR) is 120 cm³/mol. The zero-order valence-corrected chi connectivity index (χ0v) is 19.1. The molecule has 2 rings (SSSR count). The maximum absolute atomic E-state index is 12.6. The van der Waals surface area contributed by atoms with Gasteiger partial charge in [-0.1, -0.05) is 78.1 Å². The summed E-state index contributed by atoms with van der Waals surface area (Å²) in [6.45, 7) is 5.04. The van der Waals surface area contributed by atoms with Crippen molar-refractivity contribution in [3.8, 4) is 0 Å². The number of imide groups is 1. The summed E-state index contributed by atoms with van der Waals surface area (Å²) in [5.74, 6) is -1.46. The van der Waals surface area contributed by atoms with E-state index in [4.69, 9.17) is 9.57 Å². The molecule has 0 radical (unpaired) electrons. The third-order valence-electron chi connectivity index (χ3n) is 5.53. The minimum atomic E-state index is -0.517. The molecule has 1 aliphatic heterocycles. The molecule has 1 aromatic rings. The van der Waals surface area contributed by atoms with E-state index in [0.717, 1.165) is 43.6 Å². The van der Waals surface area contributed by atoms with Crippen molar-refractivity contribution in [2.45, 2.75) is 90.9 Å². The number of hydroxylamine groups is 2. The molecule has 1 aromatic carbocycles. The van der Waals surface area contributed by atoms with Crippen LogP contribution in [0.2, 0.25) is 0 Å². The molecule has 2 amide bonds. The van der Waals surface area contributed by atoms with Crippen molar-refractivity contribution < 1.29 is 24.0 Å². The van der Waals surface area contributed by atoms with Crippen LogP contribution >= 0.6 is 0 Å². The second kappa shape index (κ2) is 14.0. The van der Waals surface area contributed by atoms with Crippen LogP contribution in [0.3, 0.4) is 0 Å². The molecule has 6 nitrogen and oxygen atoms in total. The van der Waals surface area contributed by atoms with Crippen LogP contribution < -0.4 is 0 Å². The first-order chi connectivity index (χ1) is 15.1. The van der Waals surface area contributed by atoms with Crippen LogP contribution in [-0.4, -0.2) is 36.1 Å². The number of hydrogen-bond acceptors (Lipinski definition) is 5. The predicted octanol–water partition coefficient (Wildman–Crippen LogP) is 6.09. The van der Waals surface area contributed by atoms with Gasteiger partial charge in [0.15, 0.2) is 0 Å². The molecule has 1 aliphatic rings. The average Bonchev–Trinajstić information content (AvgIpc) is 3.01. The van der Waals surface area contributed by atoms with E-state index >= 15 is 0 Å². The quantitative estimate of drug-likeness (QED) is 0.180. The van der Waals surface area contributed by atoms with E-state index in [0.29, 0.717) is 13.2 Å². The summed E-state index contributed by atoms with van der Waals surface area (Å²) in [5, 5.41) is 0.822. The maximum Gasteiger partial charge on any atom is 0.338 e. The summed E-state index contributed by atoms with van der Waals surface area (Å²) in [7, 11) is 0. The Balaban J connectivity index is 1.79. The lowest BCUT2D eigenvalue weighted by molar-refractivity contribution is -0.0922. The highest BCUT2D eigenvalue weighted by molar-refractivity contribution is 6.21. The van der Waals surface area contributed by atoms with Crippen LogP contribution in [0, 0.1) is 0 Å². The summed E-state index contributed by atoms with van der Waals surface area (Å²) in [5.41, 5.74) is 0.742. The number of rotatable bonds is 16. The lowest BCUT2D eigenvalue weighted by Gasteiger charge is -2.13. The summed E-state index contributed by atoms with van der Waals surface area (Å²) < 4.78 is 5.32. The van der Waals surface area contributed by atoms with E-state index in [9.17, 15) is 14.4 Å². The fourth-order valence-corrected chi connectivity index (χ4v) is 3.63. The number of esters is 1. The molecule has 31 heavy (non-hydrogen) atoms. The van der Waals surface area contributed by atoms with E-state index < -0.39 is 17.8 Å². The minimum absolute atomic E-state index is 0.196. The van der Waals surface area contributed by atoms with Crippen LogP contribution in [0.15, 0.2) is 18.2 Å². The SMILES string of the molecule is CCCCCCCCOC(=O)c1ccc2c(c1)C(=O)N(OCCCCCCCC)C2=O. The van der Waals surface area contributed by atoms with Crippen LogP contribution in [0.1, 0.15) is 122 Å². The lowest BCUT2D eigenvalue weighted by Crippen LogP contribution is -2.30. The number of unbranched alkanes of at least 4 members (excludes halogenated alkanes) is 10. The van der Waals surface area contributed by atoms with Crippen LogP contribution in [0.5, 0.6) is 0 Å². The largest absolute Gasteiger partial charge is 0.462 e. The highest BCUT2D eigenvalue weighted by Crippen LogP contribution is 2.25. The molecule has 0 aromatic heterocycles. The summed E-state index contributed by atoms with van der Waals surface area (Å²) >= 11 is 0. The van der Waals surface area contributed by atoms with Crippen LogP contribution in [0.25, 0.3) is 0 Å². The van der Waals surface area contributed by atoms with Gasteiger partial charge in [0.05, 0.1) is 29.9 Å². The third kappa shape index (κ3) is 7.76. The Morgan fingerprint density at radius 1 is 0.742 bits per heavy atom. The van der Waals surface area contributed by atoms with Gasteiger partial charge in [0.25, 0.3) is 11.8 Å². The van der Waals surface area contributed by atoms with E-state index in [1.54, 1.807) is 0 Å². The van der Waals surface area contributed by atoms with E-state index in [-0.39, 0.29) is 16.7 Å². The first-order valence-corrected chi connectivity index (χ1v) is 11.9. The number of amides is 2. The first kappa shape index (κ1) is 25.1. The molecular formula is C25H37NO5. The molecule has 0 saturated carbocycles. The number of hydrogen-bond donors (Lipinski definition) is 0. The molecule has 0 fully saturated rings. The highest BCUT2D eigenvalue weighted by Gasteiger charge is 2.37. The van der Waals surface area contributed by atoms with Crippen molar-refractivity contribution in [3.63, 3.8) is 0 Å². The zero-order chi connectivity index (χ0) is 22.5. The van der Waals surface area contributed by atoms with Crippen LogP contribution in [0.4, 0.5) is 0 Å². The van der Waals surface area contributed by atoms with Gasteiger partial charge in [-0.15, -0.1) is 5.06 Å². The molecule has 0 aliphatic carbocycles. The Bertz CT molecular complexity index is 731. The third-order valence-corrected chi connectivity index (χ3v) is 5.53. The molecule has 0 saturated heterocycles. The fourth-order valence-electron chi connectivity index (χ4n) is 3.63. The monoisotopic (exact) mass is 431 g/mol. The maximum atomic E-state index is 12.6. The van der Waals surface area contributed by atoms with E-state index in [1.165, 1.54) is 56.7 Å². The van der Waals surface area contributed by atoms with Gasteiger partial charge in [0.1, 0.15) is 0 Å². The van der Waals surface area contributed by atoms with Gasteiger partial charge >= 0.3 is 5.97 Å². The van der Waals surface area contributed by atoms with Crippen molar-refractivity contribution in [2.75, 3.05) is 13.2 Å². The fraction of sp³-hybridized carbons (Fsp3) is 0.640. The van der Waals surface area contributed by atoms with Gasteiger partial charge in [0.2, 0.25) is 0 Å². The first-order valence-electron chi connectivity index (χ1n) is 11.9. The minimum Gasteiger partial charge on any atom is -0.462 e. The standard InChI is InChI=1S/C25H37NO5/c1-3-5-7-9-11-13-17-30-25(29)20-15-16-21-22(19-20)24(28)26(23(21)27)31-18-14-12-10-8-6-4-2/h15-16,19H,3-14,17-18H2,1-2H3. The van der Waals surface area contributed by atoms with Gasteiger partial charge in [-0.05, 0) is 31.0 Å². The highest BCUT2D eigenvalue weighted by atomic mass is 16.7. The van der Waals surface area contributed by atoms with Crippen molar-refractivity contribution in [2.24, 2.45) is 0 Å². The Kier molecular flexibility index (Phi) is 11.3. The van der Waals surface area contributed by atoms with E-state index in [1.807, 2.05) is 0 Å². The number of benzene rings is 1. The number of carbonyl (C=O) groups is 3. The molecule has 0 spiro atoms. The molecule has 0 atom stereocenters.